The van der Waals surface area contributed by atoms with E-state index in [-0.39, 0.29) is 5.91 Å². The number of piperidine rings is 1. The molecule has 3 aliphatic rings. The highest BCUT2D eigenvalue weighted by Crippen LogP contribution is 2.36. The minimum atomic E-state index is 0.183. The quantitative estimate of drug-likeness (QED) is 0.802. The van der Waals surface area contributed by atoms with Crippen LogP contribution < -0.4 is 10.6 Å². The van der Waals surface area contributed by atoms with E-state index in [0.29, 0.717) is 18.5 Å². The highest BCUT2D eigenvalue weighted by molar-refractivity contribution is 5.78. The molecule has 20 heavy (non-hydrogen) atoms. The maximum atomic E-state index is 11.9. The monoisotopic (exact) mass is 279 g/mol. The molecule has 4 heteroatoms. The molecular formula is C16H29N3O. The summed E-state index contributed by atoms with van der Waals surface area (Å²) in [6, 6.07) is 2.12. The molecule has 2 unspecified atom stereocenters. The van der Waals surface area contributed by atoms with Crippen LogP contribution in [0.25, 0.3) is 0 Å². The number of nitrogens with one attached hydrogen (secondary N) is 2. The van der Waals surface area contributed by atoms with E-state index in [4.69, 9.17) is 0 Å². The van der Waals surface area contributed by atoms with Crippen molar-refractivity contribution in [2.24, 2.45) is 5.92 Å². The lowest BCUT2D eigenvalue weighted by molar-refractivity contribution is -0.120. The molecule has 0 radical (unpaired) electrons. The first-order valence-electron chi connectivity index (χ1n) is 8.44. The summed E-state index contributed by atoms with van der Waals surface area (Å²) in [7, 11) is 2.27. The molecule has 2 aliphatic heterocycles. The molecule has 0 aromatic carbocycles. The number of carbonyl (C=O) groups excluding carboxylic acids is 1. The molecule has 4 nitrogen and oxygen atoms in total. The number of amides is 1. The second-order valence-corrected chi connectivity index (χ2v) is 7.05. The van der Waals surface area contributed by atoms with E-state index < -0.39 is 0 Å². The van der Waals surface area contributed by atoms with Gasteiger partial charge in [0.05, 0.1) is 6.54 Å². The fourth-order valence-corrected chi connectivity index (χ4v) is 4.38. The largest absolute Gasteiger partial charge is 0.355 e. The third-order valence-corrected chi connectivity index (χ3v) is 5.69. The molecule has 0 aromatic rings. The fraction of sp³-hybridized carbons (Fsp3) is 0.938. The highest BCUT2D eigenvalue weighted by atomic mass is 16.1. The zero-order valence-corrected chi connectivity index (χ0v) is 12.7. The van der Waals surface area contributed by atoms with Gasteiger partial charge in [-0.1, -0.05) is 12.8 Å². The average molecular weight is 279 g/mol. The van der Waals surface area contributed by atoms with Gasteiger partial charge in [0.15, 0.2) is 0 Å². The predicted octanol–water partition coefficient (Wildman–Crippen LogP) is 1.51. The molecule has 1 aliphatic carbocycles. The summed E-state index contributed by atoms with van der Waals surface area (Å²) in [5.74, 6) is 0.877. The molecule has 2 bridgehead atoms. The molecule has 2 atom stereocenters. The van der Waals surface area contributed by atoms with Gasteiger partial charge in [-0.15, -0.1) is 0 Å². The minimum absolute atomic E-state index is 0.183. The van der Waals surface area contributed by atoms with Crippen molar-refractivity contribution >= 4 is 5.91 Å². The van der Waals surface area contributed by atoms with Crippen LogP contribution in [0.3, 0.4) is 0 Å². The van der Waals surface area contributed by atoms with Crippen LogP contribution in [0.15, 0.2) is 0 Å². The van der Waals surface area contributed by atoms with Crippen molar-refractivity contribution < 1.29 is 4.79 Å². The van der Waals surface area contributed by atoms with Gasteiger partial charge in [-0.3, -0.25) is 4.79 Å². The van der Waals surface area contributed by atoms with Crippen LogP contribution in [-0.2, 0) is 4.79 Å². The van der Waals surface area contributed by atoms with Gasteiger partial charge in [0.25, 0.3) is 0 Å². The average Bonchev–Trinajstić information content (AvgIpc) is 3.01. The molecule has 0 aromatic heterocycles. The van der Waals surface area contributed by atoms with Gasteiger partial charge < -0.3 is 15.5 Å². The minimum Gasteiger partial charge on any atom is -0.355 e. The van der Waals surface area contributed by atoms with E-state index in [1.54, 1.807) is 0 Å². The van der Waals surface area contributed by atoms with E-state index in [9.17, 15) is 4.79 Å². The molecular weight excluding hydrogens is 250 g/mol. The molecule has 3 fully saturated rings. The van der Waals surface area contributed by atoms with Crippen LogP contribution in [0, 0.1) is 5.92 Å². The zero-order valence-electron chi connectivity index (χ0n) is 12.7. The van der Waals surface area contributed by atoms with E-state index in [1.807, 2.05) is 0 Å². The summed E-state index contributed by atoms with van der Waals surface area (Å²) in [4.78, 5) is 14.5. The van der Waals surface area contributed by atoms with Gasteiger partial charge in [-0.2, -0.15) is 0 Å². The predicted molar refractivity (Wildman–Crippen MR) is 80.6 cm³/mol. The Kier molecular flexibility index (Phi) is 4.61. The lowest BCUT2D eigenvalue weighted by atomic mass is 9.91. The summed E-state index contributed by atoms with van der Waals surface area (Å²) < 4.78 is 0. The van der Waals surface area contributed by atoms with E-state index in [1.165, 1.54) is 51.4 Å². The van der Waals surface area contributed by atoms with Crippen molar-refractivity contribution in [1.29, 1.82) is 0 Å². The summed E-state index contributed by atoms with van der Waals surface area (Å²) >= 11 is 0. The van der Waals surface area contributed by atoms with Crippen molar-refractivity contribution in [2.75, 3.05) is 20.1 Å². The molecule has 2 heterocycles. The smallest absolute Gasteiger partial charge is 0.233 e. The van der Waals surface area contributed by atoms with Gasteiger partial charge in [0.2, 0.25) is 5.91 Å². The van der Waals surface area contributed by atoms with Crippen molar-refractivity contribution in [3.8, 4) is 0 Å². The first-order valence-corrected chi connectivity index (χ1v) is 8.44. The summed E-state index contributed by atoms with van der Waals surface area (Å²) in [5.41, 5.74) is 0. The Bertz CT molecular complexity index is 327. The van der Waals surface area contributed by atoms with E-state index in [0.717, 1.165) is 18.6 Å². The third-order valence-electron chi connectivity index (χ3n) is 5.69. The molecule has 3 rings (SSSR count). The SMILES string of the molecule is CN1C2CCC1CC(CNC(=O)CNC1CCCC1)C2. The van der Waals surface area contributed by atoms with Crippen molar-refractivity contribution in [3.05, 3.63) is 0 Å². The van der Waals surface area contributed by atoms with Gasteiger partial charge in [-0.25, -0.2) is 0 Å². The molecule has 2 N–H and O–H groups in total. The number of hydrogen-bond donors (Lipinski definition) is 2. The molecule has 1 amide bonds. The van der Waals surface area contributed by atoms with Crippen LogP contribution in [0.2, 0.25) is 0 Å². The Balaban J connectivity index is 1.34. The fourth-order valence-electron chi connectivity index (χ4n) is 4.38. The Morgan fingerprint density at radius 3 is 2.40 bits per heavy atom. The number of carbonyl (C=O) groups is 1. The lowest BCUT2D eigenvalue weighted by Gasteiger charge is -2.36. The normalized spacial score (nSPS) is 34.5. The standard InChI is InChI=1S/C16H29N3O/c1-19-14-6-7-15(19)9-12(8-14)10-18-16(20)11-17-13-4-2-3-5-13/h12-15,17H,2-11H2,1H3,(H,18,20). The summed E-state index contributed by atoms with van der Waals surface area (Å²) in [6.45, 7) is 1.39. The lowest BCUT2D eigenvalue weighted by Crippen LogP contribution is -2.45. The molecule has 114 valence electrons. The summed E-state index contributed by atoms with van der Waals surface area (Å²) in [6.07, 6.45) is 10.4. The van der Waals surface area contributed by atoms with Crippen molar-refractivity contribution in [2.45, 2.75) is 69.5 Å². The first kappa shape index (κ1) is 14.3. The second kappa shape index (κ2) is 6.44. The number of hydrogen-bond acceptors (Lipinski definition) is 3. The van der Waals surface area contributed by atoms with Crippen LogP contribution in [0.1, 0.15) is 51.4 Å². The number of rotatable bonds is 5. The highest BCUT2D eigenvalue weighted by Gasteiger charge is 2.38. The first-order chi connectivity index (χ1) is 9.72. The van der Waals surface area contributed by atoms with Crippen LogP contribution in [-0.4, -0.2) is 49.1 Å². The topological polar surface area (TPSA) is 44.4 Å². The zero-order chi connectivity index (χ0) is 13.9. The van der Waals surface area contributed by atoms with Crippen LogP contribution in [0.5, 0.6) is 0 Å². The third kappa shape index (κ3) is 3.34. The Hall–Kier alpha value is -0.610. The molecule has 0 spiro atoms. The molecule has 1 saturated carbocycles. The van der Waals surface area contributed by atoms with Gasteiger partial charge in [0, 0.05) is 24.7 Å². The molecule has 2 saturated heterocycles. The van der Waals surface area contributed by atoms with Gasteiger partial charge in [-0.05, 0) is 51.5 Å². The number of fused-ring (bicyclic) bond motifs is 2. The summed E-state index contributed by atoms with van der Waals surface area (Å²) in [5, 5.41) is 6.53. The number of nitrogens with zero attached hydrogens (tertiary/aromatic N) is 1. The van der Waals surface area contributed by atoms with Crippen molar-refractivity contribution in [3.63, 3.8) is 0 Å². The Morgan fingerprint density at radius 1 is 1.10 bits per heavy atom. The van der Waals surface area contributed by atoms with Crippen LogP contribution >= 0.6 is 0 Å². The van der Waals surface area contributed by atoms with Gasteiger partial charge in [0.1, 0.15) is 0 Å². The maximum absolute atomic E-state index is 11.9. The van der Waals surface area contributed by atoms with E-state index in [2.05, 4.69) is 22.6 Å². The van der Waals surface area contributed by atoms with E-state index >= 15 is 0 Å². The van der Waals surface area contributed by atoms with Crippen LogP contribution in [0.4, 0.5) is 0 Å². The Labute approximate surface area is 122 Å². The van der Waals surface area contributed by atoms with Crippen molar-refractivity contribution in [1.82, 2.24) is 15.5 Å². The van der Waals surface area contributed by atoms with Gasteiger partial charge >= 0.3 is 0 Å². The maximum Gasteiger partial charge on any atom is 0.233 e. The Morgan fingerprint density at radius 2 is 1.75 bits per heavy atom. The second-order valence-electron chi connectivity index (χ2n) is 7.05.